The monoisotopic (exact) mass is 281 g/mol. The average Bonchev–Trinajstić information content (AvgIpc) is 2.55. The summed E-state index contributed by atoms with van der Waals surface area (Å²) in [6.45, 7) is 1.63. The lowest BCUT2D eigenvalue weighted by Gasteiger charge is -2.17. The highest BCUT2D eigenvalue weighted by molar-refractivity contribution is 5.95. The molecule has 108 valence electrons. The molecule has 0 saturated heterocycles. The van der Waals surface area contributed by atoms with Gasteiger partial charge in [-0.2, -0.15) is 0 Å². The topological polar surface area (TPSA) is 54.9 Å². The summed E-state index contributed by atoms with van der Waals surface area (Å²) in [5.74, 6) is 0.145. The number of ketones is 1. The summed E-state index contributed by atoms with van der Waals surface area (Å²) < 4.78 is 0. The van der Waals surface area contributed by atoms with Crippen molar-refractivity contribution < 1.29 is 4.79 Å². The van der Waals surface area contributed by atoms with Gasteiger partial charge in [-0.3, -0.25) is 4.79 Å². The minimum Gasteiger partial charge on any atom is -0.311 e. The fourth-order valence-electron chi connectivity index (χ4n) is 2.74. The summed E-state index contributed by atoms with van der Waals surface area (Å²) in [5, 5.41) is 3.27. The number of hydrogen-bond acceptors (Lipinski definition) is 4. The summed E-state index contributed by atoms with van der Waals surface area (Å²) in [6, 6.07) is 10.3. The van der Waals surface area contributed by atoms with Crippen molar-refractivity contribution in [1.29, 1.82) is 0 Å². The molecular formula is C17H19N3O. The van der Waals surface area contributed by atoms with Crippen molar-refractivity contribution in [2.45, 2.75) is 32.2 Å². The zero-order valence-electron chi connectivity index (χ0n) is 12.0. The van der Waals surface area contributed by atoms with Gasteiger partial charge in [-0.25, -0.2) is 9.97 Å². The third-order valence-electron chi connectivity index (χ3n) is 3.86. The van der Waals surface area contributed by atoms with Crippen LogP contribution in [0.4, 0.5) is 0 Å². The predicted molar refractivity (Wildman–Crippen MR) is 81.2 cm³/mol. The molecule has 1 aromatic carbocycles. The Hall–Kier alpha value is -2.07. The maximum absolute atomic E-state index is 12.4. The minimum atomic E-state index is 0.145. The van der Waals surface area contributed by atoms with E-state index in [4.69, 9.17) is 0 Å². The van der Waals surface area contributed by atoms with Crippen LogP contribution in [-0.4, -0.2) is 22.3 Å². The molecular weight excluding hydrogens is 262 g/mol. The molecule has 1 aliphatic rings. The van der Waals surface area contributed by atoms with Gasteiger partial charge in [0, 0.05) is 18.5 Å². The predicted octanol–water partition coefficient (Wildman–Crippen LogP) is 2.33. The minimum absolute atomic E-state index is 0.145. The molecule has 4 nitrogen and oxygen atoms in total. The van der Waals surface area contributed by atoms with Crippen LogP contribution in [0.3, 0.4) is 0 Å². The third-order valence-corrected chi connectivity index (χ3v) is 3.86. The molecule has 0 saturated carbocycles. The second-order valence-electron chi connectivity index (χ2n) is 5.34. The van der Waals surface area contributed by atoms with Gasteiger partial charge in [-0.1, -0.05) is 30.3 Å². The molecule has 2 heterocycles. The zero-order valence-corrected chi connectivity index (χ0v) is 12.0. The van der Waals surface area contributed by atoms with E-state index in [9.17, 15) is 4.79 Å². The van der Waals surface area contributed by atoms with Crippen molar-refractivity contribution in [3.05, 3.63) is 59.2 Å². The van der Waals surface area contributed by atoms with Gasteiger partial charge in [-0.15, -0.1) is 0 Å². The Balaban J connectivity index is 1.63. The fraction of sp³-hybridized carbons (Fsp3) is 0.353. The molecule has 0 aliphatic carbocycles. The molecule has 0 atom stereocenters. The molecule has 0 fully saturated rings. The van der Waals surface area contributed by atoms with Crippen LogP contribution in [0.15, 0.2) is 36.7 Å². The summed E-state index contributed by atoms with van der Waals surface area (Å²) in [7, 11) is 0. The third kappa shape index (κ3) is 3.34. The van der Waals surface area contributed by atoms with Crippen molar-refractivity contribution in [1.82, 2.24) is 15.3 Å². The van der Waals surface area contributed by atoms with E-state index in [-0.39, 0.29) is 5.78 Å². The smallest absolute Gasteiger partial charge is 0.181 e. The normalized spacial score (nSPS) is 13.7. The van der Waals surface area contributed by atoms with Crippen molar-refractivity contribution in [2.75, 3.05) is 6.54 Å². The Morgan fingerprint density at radius 3 is 2.90 bits per heavy atom. The van der Waals surface area contributed by atoms with Crippen LogP contribution in [0.2, 0.25) is 0 Å². The first-order chi connectivity index (χ1) is 10.3. The lowest BCUT2D eigenvalue weighted by Crippen LogP contribution is -2.27. The molecule has 2 aromatic rings. The largest absolute Gasteiger partial charge is 0.311 e. The average molecular weight is 281 g/mol. The van der Waals surface area contributed by atoms with Gasteiger partial charge in [0.25, 0.3) is 0 Å². The van der Waals surface area contributed by atoms with Gasteiger partial charge in [0.2, 0.25) is 0 Å². The first-order valence-electron chi connectivity index (χ1n) is 7.45. The van der Waals surface area contributed by atoms with Gasteiger partial charge in [0.05, 0.1) is 5.69 Å². The molecule has 0 radical (unpaired) electrons. The van der Waals surface area contributed by atoms with Gasteiger partial charge in [0.1, 0.15) is 12.0 Å². The molecule has 4 heteroatoms. The van der Waals surface area contributed by atoms with E-state index >= 15 is 0 Å². The molecule has 3 rings (SSSR count). The Kier molecular flexibility index (Phi) is 4.36. The molecule has 1 aromatic heterocycles. The Morgan fingerprint density at radius 2 is 2.05 bits per heavy atom. The number of carbonyl (C=O) groups is 1. The summed E-state index contributed by atoms with van der Waals surface area (Å²) in [6.07, 6.45) is 4.69. The van der Waals surface area contributed by atoms with Crippen molar-refractivity contribution in [3.8, 4) is 0 Å². The first kappa shape index (κ1) is 13.9. The van der Waals surface area contributed by atoms with Crippen LogP contribution in [0.1, 0.15) is 40.2 Å². The van der Waals surface area contributed by atoms with Crippen molar-refractivity contribution in [3.63, 3.8) is 0 Å². The van der Waals surface area contributed by atoms with Gasteiger partial charge in [0.15, 0.2) is 5.78 Å². The highest BCUT2D eigenvalue weighted by Crippen LogP contribution is 2.17. The SMILES string of the molecule is O=C(CCCc1ccccc1)c1ncnc2c1CCNC2. The summed E-state index contributed by atoms with van der Waals surface area (Å²) >= 11 is 0. The molecule has 0 unspecified atom stereocenters. The number of hydrogen-bond donors (Lipinski definition) is 1. The van der Waals surface area contributed by atoms with Crippen LogP contribution in [-0.2, 0) is 19.4 Å². The van der Waals surface area contributed by atoms with Crippen LogP contribution < -0.4 is 5.32 Å². The second-order valence-corrected chi connectivity index (χ2v) is 5.34. The van der Waals surface area contributed by atoms with Crippen LogP contribution in [0.25, 0.3) is 0 Å². The number of Topliss-reactive ketones (excluding diaryl/α,β-unsaturated/α-hetero) is 1. The number of rotatable bonds is 5. The lowest BCUT2D eigenvalue weighted by atomic mass is 9.99. The van der Waals surface area contributed by atoms with E-state index in [0.717, 1.165) is 43.6 Å². The molecule has 1 aliphatic heterocycles. The van der Waals surface area contributed by atoms with Crippen LogP contribution in [0, 0.1) is 0 Å². The van der Waals surface area contributed by atoms with E-state index in [2.05, 4.69) is 27.4 Å². The molecule has 21 heavy (non-hydrogen) atoms. The van der Waals surface area contributed by atoms with Crippen molar-refractivity contribution in [2.24, 2.45) is 0 Å². The number of fused-ring (bicyclic) bond motifs is 1. The van der Waals surface area contributed by atoms with Gasteiger partial charge >= 0.3 is 0 Å². The number of benzene rings is 1. The standard InChI is InChI=1S/C17H19N3O/c21-16(8-4-7-13-5-2-1-3-6-13)17-14-9-10-18-11-15(14)19-12-20-17/h1-3,5-6,12,18H,4,7-11H2. The quantitative estimate of drug-likeness (QED) is 0.855. The molecule has 0 spiro atoms. The molecule has 0 bridgehead atoms. The van der Waals surface area contributed by atoms with E-state index in [1.807, 2.05) is 18.2 Å². The van der Waals surface area contributed by atoms with Crippen LogP contribution >= 0.6 is 0 Å². The zero-order chi connectivity index (χ0) is 14.5. The maximum Gasteiger partial charge on any atom is 0.181 e. The second kappa shape index (κ2) is 6.59. The lowest BCUT2D eigenvalue weighted by molar-refractivity contribution is 0.0974. The number of aromatic nitrogens is 2. The van der Waals surface area contributed by atoms with Crippen molar-refractivity contribution >= 4 is 5.78 Å². The Bertz CT molecular complexity index is 625. The molecule has 0 amide bonds. The van der Waals surface area contributed by atoms with E-state index in [1.165, 1.54) is 11.9 Å². The Morgan fingerprint density at radius 1 is 1.19 bits per heavy atom. The molecule has 1 N–H and O–H groups in total. The Labute approximate surface area is 124 Å². The highest BCUT2D eigenvalue weighted by atomic mass is 16.1. The van der Waals surface area contributed by atoms with Gasteiger partial charge < -0.3 is 5.32 Å². The number of nitrogens with zero attached hydrogens (tertiary/aromatic N) is 2. The van der Waals surface area contributed by atoms with Gasteiger partial charge in [-0.05, 0) is 31.4 Å². The fourth-order valence-corrected chi connectivity index (χ4v) is 2.74. The highest BCUT2D eigenvalue weighted by Gasteiger charge is 2.19. The summed E-state index contributed by atoms with van der Waals surface area (Å²) in [4.78, 5) is 20.9. The maximum atomic E-state index is 12.4. The number of carbonyl (C=O) groups excluding carboxylic acids is 1. The summed E-state index contributed by atoms with van der Waals surface area (Å²) in [5.41, 5.74) is 3.93. The van der Waals surface area contributed by atoms with Crippen LogP contribution in [0.5, 0.6) is 0 Å². The first-order valence-corrected chi connectivity index (χ1v) is 7.45. The van der Waals surface area contributed by atoms with E-state index in [1.54, 1.807) is 0 Å². The van der Waals surface area contributed by atoms with E-state index in [0.29, 0.717) is 12.1 Å². The number of nitrogens with one attached hydrogen (secondary N) is 1. The number of aryl methyl sites for hydroxylation is 1. The van der Waals surface area contributed by atoms with E-state index < -0.39 is 0 Å².